The number of aromatic nitrogens is 1. The molecule has 108 valence electrons. The number of H-pyrrole nitrogens is 1. The van der Waals surface area contributed by atoms with Crippen LogP contribution in [0, 0.1) is 6.92 Å². The Kier molecular flexibility index (Phi) is 3.94. The van der Waals surface area contributed by atoms with E-state index in [1.54, 1.807) is 6.07 Å². The third-order valence-corrected chi connectivity index (χ3v) is 4.11. The van der Waals surface area contributed by atoms with Gasteiger partial charge in [-0.1, -0.05) is 0 Å². The molecular formula is C16H22N2O2. The van der Waals surface area contributed by atoms with E-state index < -0.39 is 0 Å². The maximum atomic E-state index is 9.66. The summed E-state index contributed by atoms with van der Waals surface area (Å²) in [6.45, 7) is 7.05. The number of hydrogen-bond acceptors (Lipinski definition) is 3. The van der Waals surface area contributed by atoms with Crippen LogP contribution >= 0.6 is 0 Å². The van der Waals surface area contributed by atoms with Gasteiger partial charge in [-0.3, -0.25) is 4.90 Å². The molecule has 1 aromatic heterocycles. The molecule has 1 aliphatic rings. The predicted octanol–water partition coefficient (Wildman–Crippen LogP) is 2.45. The first-order chi connectivity index (χ1) is 9.74. The molecule has 0 unspecified atom stereocenters. The summed E-state index contributed by atoms with van der Waals surface area (Å²) in [6, 6.07) is 5.54. The second kappa shape index (κ2) is 5.85. The van der Waals surface area contributed by atoms with E-state index >= 15 is 0 Å². The minimum absolute atomic E-state index is 0.339. The van der Waals surface area contributed by atoms with Crippen molar-refractivity contribution in [3.63, 3.8) is 0 Å². The largest absolute Gasteiger partial charge is 0.508 e. The Bertz CT molecular complexity index is 585. The molecule has 2 heterocycles. The lowest BCUT2D eigenvalue weighted by atomic mass is 10.1. The Morgan fingerprint density at radius 1 is 1.30 bits per heavy atom. The van der Waals surface area contributed by atoms with Crippen LogP contribution in [0.15, 0.2) is 18.2 Å². The number of aromatic amines is 1. The van der Waals surface area contributed by atoms with Gasteiger partial charge in [-0.25, -0.2) is 0 Å². The van der Waals surface area contributed by atoms with Gasteiger partial charge >= 0.3 is 0 Å². The molecule has 1 saturated heterocycles. The standard InChI is InChI=1S/C16H22N2O2/c1-12-14(3-2-6-18-7-9-20-10-8-18)15-11-13(19)4-5-16(15)17-12/h4-5,11,17,19H,2-3,6-10H2,1H3. The number of phenolic OH excluding ortho intramolecular Hbond substituents is 1. The van der Waals surface area contributed by atoms with Crippen LogP contribution in [0.25, 0.3) is 10.9 Å². The fourth-order valence-electron chi connectivity index (χ4n) is 3.00. The van der Waals surface area contributed by atoms with Gasteiger partial charge in [-0.2, -0.15) is 0 Å². The van der Waals surface area contributed by atoms with Crippen molar-refractivity contribution in [3.8, 4) is 5.75 Å². The number of ether oxygens (including phenoxy) is 1. The summed E-state index contributed by atoms with van der Waals surface area (Å²) in [7, 11) is 0. The Morgan fingerprint density at radius 2 is 2.10 bits per heavy atom. The van der Waals surface area contributed by atoms with Gasteiger partial charge in [0.2, 0.25) is 0 Å². The monoisotopic (exact) mass is 274 g/mol. The number of aryl methyl sites for hydroxylation is 2. The maximum Gasteiger partial charge on any atom is 0.116 e. The number of benzene rings is 1. The molecule has 0 amide bonds. The molecule has 0 atom stereocenters. The van der Waals surface area contributed by atoms with E-state index in [2.05, 4.69) is 16.8 Å². The van der Waals surface area contributed by atoms with Gasteiger partial charge in [-0.05, 0) is 50.1 Å². The first-order valence-corrected chi connectivity index (χ1v) is 7.34. The van der Waals surface area contributed by atoms with Crippen LogP contribution in [0.4, 0.5) is 0 Å². The topological polar surface area (TPSA) is 48.5 Å². The third kappa shape index (κ3) is 2.81. The van der Waals surface area contributed by atoms with E-state index in [4.69, 9.17) is 4.74 Å². The first kappa shape index (κ1) is 13.5. The van der Waals surface area contributed by atoms with Gasteiger partial charge in [0.15, 0.2) is 0 Å². The van der Waals surface area contributed by atoms with E-state index in [-0.39, 0.29) is 0 Å². The first-order valence-electron chi connectivity index (χ1n) is 7.34. The van der Waals surface area contributed by atoms with Gasteiger partial charge in [0.25, 0.3) is 0 Å². The van der Waals surface area contributed by atoms with Crippen LogP contribution in [0.1, 0.15) is 17.7 Å². The van der Waals surface area contributed by atoms with Crippen LogP contribution < -0.4 is 0 Å². The Balaban J connectivity index is 1.67. The fraction of sp³-hybridized carbons (Fsp3) is 0.500. The smallest absolute Gasteiger partial charge is 0.116 e. The van der Waals surface area contributed by atoms with Crippen molar-refractivity contribution < 1.29 is 9.84 Å². The summed E-state index contributed by atoms with van der Waals surface area (Å²) in [4.78, 5) is 5.86. The second-order valence-electron chi connectivity index (χ2n) is 5.52. The molecule has 3 rings (SSSR count). The van der Waals surface area contributed by atoms with Gasteiger partial charge in [-0.15, -0.1) is 0 Å². The Labute approximate surface area is 119 Å². The van der Waals surface area contributed by atoms with Crippen molar-refractivity contribution in [2.75, 3.05) is 32.8 Å². The fourth-order valence-corrected chi connectivity index (χ4v) is 3.00. The molecule has 1 aliphatic heterocycles. The summed E-state index contributed by atoms with van der Waals surface area (Å²) in [5.74, 6) is 0.339. The van der Waals surface area contributed by atoms with Crippen molar-refractivity contribution in [2.24, 2.45) is 0 Å². The van der Waals surface area contributed by atoms with Crippen molar-refractivity contribution in [1.82, 2.24) is 9.88 Å². The highest BCUT2D eigenvalue weighted by molar-refractivity contribution is 5.85. The van der Waals surface area contributed by atoms with Crippen LogP contribution in [0.5, 0.6) is 5.75 Å². The zero-order valence-corrected chi connectivity index (χ0v) is 12.0. The van der Waals surface area contributed by atoms with E-state index in [0.717, 1.165) is 56.6 Å². The Morgan fingerprint density at radius 3 is 2.90 bits per heavy atom. The maximum absolute atomic E-state index is 9.66. The molecule has 0 aliphatic carbocycles. The average molecular weight is 274 g/mol. The molecule has 2 N–H and O–H groups in total. The summed E-state index contributed by atoms with van der Waals surface area (Å²) in [6.07, 6.45) is 2.19. The highest BCUT2D eigenvalue weighted by Gasteiger charge is 2.12. The lowest BCUT2D eigenvalue weighted by molar-refractivity contribution is 0.0375. The number of nitrogens with zero attached hydrogens (tertiary/aromatic N) is 1. The molecule has 4 nitrogen and oxygen atoms in total. The SMILES string of the molecule is Cc1[nH]c2ccc(O)cc2c1CCCN1CCOCC1. The number of fused-ring (bicyclic) bond motifs is 1. The van der Waals surface area contributed by atoms with Crippen molar-refractivity contribution in [2.45, 2.75) is 19.8 Å². The molecule has 1 aromatic carbocycles. The van der Waals surface area contributed by atoms with Crippen LogP contribution in [-0.2, 0) is 11.2 Å². The molecular weight excluding hydrogens is 252 g/mol. The number of phenols is 1. The molecule has 0 saturated carbocycles. The van der Waals surface area contributed by atoms with E-state index in [1.165, 1.54) is 11.3 Å². The predicted molar refractivity (Wildman–Crippen MR) is 80.3 cm³/mol. The number of aromatic hydroxyl groups is 1. The van der Waals surface area contributed by atoms with Crippen molar-refractivity contribution >= 4 is 10.9 Å². The van der Waals surface area contributed by atoms with Crippen LogP contribution in [0.2, 0.25) is 0 Å². The number of rotatable bonds is 4. The number of hydrogen-bond donors (Lipinski definition) is 2. The molecule has 1 fully saturated rings. The summed E-state index contributed by atoms with van der Waals surface area (Å²) >= 11 is 0. The van der Waals surface area contributed by atoms with E-state index in [0.29, 0.717) is 5.75 Å². The highest BCUT2D eigenvalue weighted by Crippen LogP contribution is 2.26. The minimum atomic E-state index is 0.339. The zero-order chi connectivity index (χ0) is 13.9. The van der Waals surface area contributed by atoms with Gasteiger partial charge in [0.05, 0.1) is 13.2 Å². The molecule has 0 bridgehead atoms. The van der Waals surface area contributed by atoms with Gasteiger partial charge in [0.1, 0.15) is 5.75 Å². The minimum Gasteiger partial charge on any atom is -0.508 e. The zero-order valence-electron chi connectivity index (χ0n) is 12.0. The molecule has 0 radical (unpaired) electrons. The molecule has 4 heteroatoms. The summed E-state index contributed by atoms with van der Waals surface area (Å²) in [5.41, 5.74) is 3.67. The van der Waals surface area contributed by atoms with E-state index in [9.17, 15) is 5.11 Å². The van der Waals surface area contributed by atoms with E-state index in [1.807, 2.05) is 12.1 Å². The normalized spacial score (nSPS) is 16.9. The van der Waals surface area contributed by atoms with Gasteiger partial charge in [0, 0.05) is 29.7 Å². The second-order valence-corrected chi connectivity index (χ2v) is 5.52. The van der Waals surface area contributed by atoms with Crippen LogP contribution in [-0.4, -0.2) is 47.8 Å². The van der Waals surface area contributed by atoms with Gasteiger partial charge < -0.3 is 14.8 Å². The van der Waals surface area contributed by atoms with Crippen LogP contribution in [0.3, 0.4) is 0 Å². The number of morpholine rings is 1. The number of nitrogens with one attached hydrogen (secondary N) is 1. The third-order valence-electron chi connectivity index (χ3n) is 4.11. The lowest BCUT2D eigenvalue weighted by Gasteiger charge is -2.26. The quantitative estimate of drug-likeness (QED) is 0.900. The van der Waals surface area contributed by atoms with Crippen molar-refractivity contribution in [1.29, 1.82) is 0 Å². The lowest BCUT2D eigenvalue weighted by Crippen LogP contribution is -2.36. The molecule has 0 spiro atoms. The summed E-state index contributed by atoms with van der Waals surface area (Å²) in [5, 5.41) is 10.8. The molecule has 2 aromatic rings. The Hall–Kier alpha value is -1.52. The highest BCUT2D eigenvalue weighted by atomic mass is 16.5. The average Bonchev–Trinajstić information content (AvgIpc) is 2.76. The van der Waals surface area contributed by atoms with Crippen molar-refractivity contribution in [3.05, 3.63) is 29.5 Å². The molecule has 20 heavy (non-hydrogen) atoms. The summed E-state index contributed by atoms with van der Waals surface area (Å²) < 4.78 is 5.37.